The van der Waals surface area contributed by atoms with Crippen LogP contribution in [0.25, 0.3) is 0 Å². The first-order chi connectivity index (χ1) is 11.1. The summed E-state index contributed by atoms with van der Waals surface area (Å²) in [7, 11) is 0. The minimum Gasteiger partial charge on any atom is -0.492 e. The van der Waals surface area contributed by atoms with Crippen LogP contribution in [-0.4, -0.2) is 19.3 Å². The monoisotopic (exact) mass is 313 g/mol. The second-order valence-electron chi connectivity index (χ2n) is 5.96. The van der Waals surface area contributed by atoms with Crippen molar-refractivity contribution < 1.29 is 9.47 Å². The summed E-state index contributed by atoms with van der Waals surface area (Å²) in [5.74, 6) is 2.32. The molecule has 0 heterocycles. The zero-order valence-corrected chi connectivity index (χ0v) is 14.5. The van der Waals surface area contributed by atoms with Gasteiger partial charge < -0.3 is 14.8 Å². The van der Waals surface area contributed by atoms with Gasteiger partial charge in [0.25, 0.3) is 0 Å². The summed E-state index contributed by atoms with van der Waals surface area (Å²) in [5, 5.41) is 3.40. The van der Waals surface area contributed by atoms with E-state index in [1.807, 2.05) is 43.3 Å². The van der Waals surface area contributed by atoms with Crippen LogP contribution < -0.4 is 14.8 Å². The molecule has 124 valence electrons. The highest BCUT2D eigenvalue weighted by atomic mass is 16.5. The first-order valence-corrected chi connectivity index (χ1v) is 8.32. The zero-order chi connectivity index (χ0) is 16.7. The average Bonchev–Trinajstić information content (AvgIpc) is 2.55. The van der Waals surface area contributed by atoms with Crippen molar-refractivity contribution in [3.05, 3.63) is 54.1 Å². The molecule has 0 aliphatic heterocycles. The van der Waals surface area contributed by atoms with Crippen LogP contribution in [0.3, 0.4) is 0 Å². The standard InChI is InChI=1S/C20H27NO2/c1-5-22-20-9-7-6-8-19(20)21-14-16(4)23-18-12-10-17(11-13-18)15(2)3/h6-13,15-16,21H,5,14H2,1-4H3. The maximum atomic E-state index is 5.97. The van der Waals surface area contributed by atoms with Gasteiger partial charge in [0.15, 0.2) is 0 Å². The van der Waals surface area contributed by atoms with E-state index in [1.54, 1.807) is 0 Å². The molecule has 2 rings (SSSR count). The molecule has 0 radical (unpaired) electrons. The molecule has 0 saturated carbocycles. The highest BCUT2D eigenvalue weighted by molar-refractivity contribution is 5.56. The average molecular weight is 313 g/mol. The Labute approximate surface area is 139 Å². The Balaban J connectivity index is 1.89. The van der Waals surface area contributed by atoms with Crippen molar-refractivity contribution in [2.24, 2.45) is 0 Å². The van der Waals surface area contributed by atoms with Gasteiger partial charge in [0.2, 0.25) is 0 Å². The van der Waals surface area contributed by atoms with Crippen molar-refractivity contribution in [1.29, 1.82) is 0 Å². The SMILES string of the molecule is CCOc1ccccc1NCC(C)Oc1ccc(C(C)C)cc1. The molecule has 0 fully saturated rings. The number of para-hydroxylation sites is 2. The van der Waals surface area contributed by atoms with Crippen molar-refractivity contribution >= 4 is 5.69 Å². The van der Waals surface area contributed by atoms with E-state index >= 15 is 0 Å². The highest BCUT2D eigenvalue weighted by Crippen LogP contribution is 2.24. The fourth-order valence-electron chi connectivity index (χ4n) is 2.35. The number of benzene rings is 2. The molecule has 0 bridgehead atoms. The van der Waals surface area contributed by atoms with E-state index < -0.39 is 0 Å². The second kappa shape index (κ2) is 8.47. The topological polar surface area (TPSA) is 30.5 Å². The van der Waals surface area contributed by atoms with Gasteiger partial charge in [-0.05, 0) is 49.6 Å². The van der Waals surface area contributed by atoms with Gasteiger partial charge in [-0.3, -0.25) is 0 Å². The van der Waals surface area contributed by atoms with Crippen LogP contribution >= 0.6 is 0 Å². The number of anilines is 1. The van der Waals surface area contributed by atoms with Gasteiger partial charge >= 0.3 is 0 Å². The first-order valence-electron chi connectivity index (χ1n) is 8.32. The third-order valence-electron chi connectivity index (χ3n) is 3.65. The van der Waals surface area contributed by atoms with Gasteiger partial charge in [-0.2, -0.15) is 0 Å². The van der Waals surface area contributed by atoms with Crippen LogP contribution in [0.15, 0.2) is 48.5 Å². The summed E-state index contributed by atoms with van der Waals surface area (Å²) < 4.78 is 11.6. The van der Waals surface area contributed by atoms with Gasteiger partial charge in [0.1, 0.15) is 17.6 Å². The first kappa shape index (κ1) is 17.2. The van der Waals surface area contributed by atoms with Gasteiger partial charge in [-0.1, -0.05) is 38.1 Å². The molecular weight excluding hydrogens is 286 g/mol. The summed E-state index contributed by atoms with van der Waals surface area (Å²) >= 11 is 0. The lowest BCUT2D eigenvalue weighted by Gasteiger charge is -2.18. The van der Waals surface area contributed by atoms with Crippen LogP contribution in [0.5, 0.6) is 11.5 Å². The molecule has 0 saturated heterocycles. The predicted octanol–water partition coefficient (Wildman–Crippen LogP) is 5.09. The Kier molecular flexibility index (Phi) is 6.33. The molecule has 2 aromatic carbocycles. The van der Waals surface area contributed by atoms with E-state index in [2.05, 4.69) is 38.2 Å². The summed E-state index contributed by atoms with van der Waals surface area (Å²) in [6.45, 7) is 9.81. The zero-order valence-electron chi connectivity index (χ0n) is 14.5. The van der Waals surface area contributed by atoms with Crippen LogP contribution in [0.1, 0.15) is 39.2 Å². The summed E-state index contributed by atoms with van der Waals surface area (Å²) in [6.07, 6.45) is 0.0644. The smallest absolute Gasteiger partial charge is 0.142 e. The highest BCUT2D eigenvalue weighted by Gasteiger charge is 2.07. The van der Waals surface area contributed by atoms with E-state index in [9.17, 15) is 0 Å². The molecule has 3 heteroatoms. The number of hydrogen-bond donors (Lipinski definition) is 1. The maximum Gasteiger partial charge on any atom is 0.142 e. The normalized spacial score (nSPS) is 12.0. The molecule has 2 aromatic rings. The van der Waals surface area contributed by atoms with Crippen LogP contribution in [-0.2, 0) is 0 Å². The van der Waals surface area contributed by atoms with Gasteiger partial charge in [-0.15, -0.1) is 0 Å². The lowest BCUT2D eigenvalue weighted by Crippen LogP contribution is -2.22. The molecule has 0 aliphatic carbocycles. The lowest BCUT2D eigenvalue weighted by molar-refractivity contribution is 0.234. The van der Waals surface area contributed by atoms with Crippen LogP contribution in [0.2, 0.25) is 0 Å². The van der Waals surface area contributed by atoms with E-state index in [1.165, 1.54) is 5.56 Å². The van der Waals surface area contributed by atoms with E-state index in [-0.39, 0.29) is 6.10 Å². The molecule has 1 N–H and O–H groups in total. The molecule has 0 aliphatic rings. The van der Waals surface area contributed by atoms with Crippen molar-refractivity contribution in [2.75, 3.05) is 18.5 Å². The van der Waals surface area contributed by atoms with Crippen molar-refractivity contribution in [3.63, 3.8) is 0 Å². The quantitative estimate of drug-likeness (QED) is 0.736. The molecule has 23 heavy (non-hydrogen) atoms. The number of rotatable bonds is 8. The summed E-state index contributed by atoms with van der Waals surface area (Å²) in [5.41, 5.74) is 2.33. The van der Waals surface area contributed by atoms with Crippen molar-refractivity contribution in [3.8, 4) is 11.5 Å². The molecule has 1 atom stereocenters. The number of hydrogen-bond acceptors (Lipinski definition) is 3. The third-order valence-corrected chi connectivity index (χ3v) is 3.65. The summed E-state index contributed by atoms with van der Waals surface area (Å²) in [4.78, 5) is 0. The van der Waals surface area contributed by atoms with Crippen molar-refractivity contribution in [2.45, 2.75) is 39.7 Å². The Morgan fingerprint density at radius 2 is 1.65 bits per heavy atom. The minimum absolute atomic E-state index is 0.0644. The molecule has 3 nitrogen and oxygen atoms in total. The fraction of sp³-hybridized carbons (Fsp3) is 0.400. The number of ether oxygens (including phenoxy) is 2. The second-order valence-corrected chi connectivity index (χ2v) is 5.96. The molecule has 1 unspecified atom stereocenters. The fourth-order valence-corrected chi connectivity index (χ4v) is 2.35. The molecule has 0 aromatic heterocycles. The summed E-state index contributed by atoms with van der Waals surface area (Å²) in [6, 6.07) is 16.3. The number of nitrogens with one attached hydrogen (secondary N) is 1. The Hall–Kier alpha value is -2.16. The largest absolute Gasteiger partial charge is 0.492 e. The van der Waals surface area contributed by atoms with Crippen molar-refractivity contribution in [1.82, 2.24) is 0 Å². The van der Waals surface area contributed by atoms with Crippen LogP contribution in [0, 0.1) is 0 Å². The van der Waals surface area contributed by atoms with E-state index in [4.69, 9.17) is 9.47 Å². The molecule has 0 amide bonds. The lowest BCUT2D eigenvalue weighted by atomic mass is 10.0. The molecule has 0 spiro atoms. The predicted molar refractivity (Wildman–Crippen MR) is 96.7 cm³/mol. The van der Waals surface area contributed by atoms with E-state index in [0.717, 1.165) is 23.7 Å². The van der Waals surface area contributed by atoms with Crippen LogP contribution in [0.4, 0.5) is 5.69 Å². The Bertz CT molecular complexity index is 593. The molecular formula is C20H27NO2. The van der Waals surface area contributed by atoms with E-state index in [0.29, 0.717) is 12.5 Å². The van der Waals surface area contributed by atoms with Gasteiger partial charge in [0, 0.05) is 0 Å². The van der Waals surface area contributed by atoms with Gasteiger partial charge in [-0.25, -0.2) is 0 Å². The third kappa shape index (κ3) is 5.20. The van der Waals surface area contributed by atoms with Gasteiger partial charge in [0.05, 0.1) is 18.8 Å². The maximum absolute atomic E-state index is 5.97. The Morgan fingerprint density at radius 3 is 2.30 bits per heavy atom. The Morgan fingerprint density at radius 1 is 0.957 bits per heavy atom. The minimum atomic E-state index is 0.0644.